The van der Waals surface area contributed by atoms with Crippen molar-refractivity contribution in [2.45, 2.75) is 0 Å². The third kappa shape index (κ3) is 6.49. The van der Waals surface area contributed by atoms with Crippen molar-refractivity contribution >= 4 is 38.1 Å². The van der Waals surface area contributed by atoms with Gasteiger partial charge in [-0.25, -0.2) is 24.9 Å². The van der Waals surface area contributed by atoms with E-state index >= 15 is 0 Å². The Hall–Kier alpha value is -8.61. The van der Waals surface area contributed by atoms with Gasteiger partial charge < -0.3 is 0 Å². The Morgan fingerprint density at radius 1 is 0.302 bits per heavy atom. The number of imidazole rings is 1. The molecule has 6 nitrogen and oxygen atoms in total. The maximum absolute atomic E-state index is 5.54. The number of fused-ring (bicyclic) bond motifs is 6. The van der Waals surface area contributed by atoms with Crippen molar-refractivity contribution in [2.75, 3.05) is 0 Å². The number of nitrogens with zero attached hydrogens (tertiary/aromatic N) is 6. The second-order valence-electron chi connectivity index (χ2n) is 15.7. The van der Waals surface area contributed by atoms with E-state index in [-0.39, 0.29) is 0 Å². The molecule has 0 saturated heterocycles. The summed E-state index contributed by atoms with van der Waals surface area (Å²) in [5, 5.41) is 5.61. The van der Waals surface area contributed by atoms with Crippen LogP contribution in [0.4, 0.5) is 0 Å². The Bertz CT molecular complexity index is 3580. The summed E-state index contributed by atoms with van der Waals surface area (Å²) in [5.74, 6) is 1.92. The van der Waals surface area contributed by atoms with Gasteiger partial charge in [0.25, 0.3) is 0 Å². The van der Waals surface area contributed by atoms with Crippen molar-refractivity contribution in [2.24, 2.45) is 0 Å². The van der Waals surface area contributed by atoms with Gasteiger partial charge in [-0.2, -0.15) is 0 Å². The molecule has 0 unspecified atom stereocenters. The first-order chi connectivity index (χ1) is 31.2. The maximum Gasteiger partial charge on any atom is 0.164 e. The minimum absolute atomic E-state index is 0.630. The van der Waals surface area contributed by atoms with Gasteiger partial charge >= 0.3 is 0 Å². The highest BCUT2D eigenvalue weighted by molar-refractivity contribution is 6.17. The Labute approximate surface area is 363 Å². The molecule has 0 spiro atoms. The molecule has 0 bridgehead atoms. The summed E-state index contributed by atoms with van der Waals surface area (Å²) < 4.78 is 2.25. The summed E-state index contributed by atoms with van der Waals surface area (Å²) in [4.78, 5) is 25.5. The topological polar surface area (TPSA) is 68.9 Å². The molecule has 294 valence electrons. The molecule has 6 heteroatoms. The van der Waals surface area contributed by atoms with E-state index in [4.69, 9.17) is 24.9 Å². The third-order valence-corrected chi connectivity index (χ3v) is 11.9. The van der Waals surface area contributed by atoms with Crippen LogP contribution in [0.1, 0.15) is 0 Å². The van der Waals surface area contributed by atoms with Gasteiger partial charge in [-0.3, -0.25) is 4.40 Å². The molecule has 0 radical (unpaired) electrons. The number of hydrogen-bond donors (Lipinski definition) is 0. The van der Waals surface area contributed by atoms with Crippen LogP contribution in [0.2, 0.25) is 0 Å². The molecule has 0 amide bonds. The second-order valence-corrected chi connectivity index (χ2v) is 15.7. The van der Waals surface area contributed by atoms with Crippen molar-refractivity contribution in [1.29, 1.82) is 0 Å². The zero-order valence-electron chi connectivity index (χ0n) is 34.0. The number of aromatic nitrogens is 6. The quantitative estimate of drug-likeness (QED) is 0.150. The fourth-order valence-corrected chi connectivity index (χ4v) is 8.73. The maximum atomic E-state index is 5.54. The van der Waals surface area contributed by atoms with Gasteiger partial charge in [0.15, 0.2) is 17.5 Å². The SMILES string of the molecule is c1ccc(-c2nc(-c3ccccc3)nc(-c3ccc(-c4ccc(-c5nc6c7c(ccn6c5-c5ccccc5)c(-c5ccc6ccccc6c5)nc5ccccc57)cc4)cc3)n2)cc1. The van der Waals surface area contributed by atoms with E-state index in [9.17, 15) is 0 Å². The van der Waals surface area contributed by atoms with Gasteiger partial charge in [0.1, 0.15) is 5.65 Å². The molecule has 8 aromatic carbocycles. The fourth-order valence-electron chi connectivity index (χ4n) is 8.73. The van der Waals surface area contributed by atoms with E-state index in [1.807, 2.05) is 60.7 Å². The zero-order chi connectivity index (χ0) is 41.7. The molecule has 4 heterocycles. The summed E-state index contributed by atoms with van der Waals surface area (Å²) in [6, 6.07) is 73.6. The van der Waals surface area contributed by atoms with Crippen molar-refractivity contribution in [3.63, 3.8) is 0 Å². The van der Waals surface area contributed by atoms with E-state index in [0.29, 0.717) is 17.5 Å². The number of hydrogen-bond acceptors (Lipinski definition) is 5. The molecular weight excluding hydrogens is 769 g/mol. The summed E-state index contributed by atoms with van der Waals surface area (Å²) in [5.41, 5.74) is 12.9. The van der Waals surface area contributed by atoms with E-state index in [0.717, 1.165) is 88.9 Å². The van der Waals surface area contributed by atoms with Crippen molar-refractivity contribution in [3.8, 4) is 79.1 Å². The third-order valence-electron chi connectivity index (χ3n) is 11.9. The Kier molecular flexibility index (Phi) is 8.71. The molecule has 0 aliphatic rings. The highest BCUT2D eigenvalue weighted by Gasteiger charge is 2.21. The van der Waals surface area contributed by atoms with Crippen molar-refractivity contribution < 1.29 is 0 Å². The molecule has 0 N–H and O–H groups in total. The summed E-state index contributed by atoms with van der Waals surface area (Å²) >= 11 is 0. The summed E-state index contributed by atoms with van der Waals surface area (Å²) in [7, 11) is 0. The second kappa shape index (κ2) is 15.1. The van der Waals surface area contributed by atoms with Gasteiger partial charge in [0.2, 0.25) is 0 Å². The predicted molar refractivity (Wildman–Crippen MR) is 257 cm³/mol. The highest BCUT2D eigenvalue weighted by atomic mass is 15.0. The lowest BCUT2D eigenvalue weighted by molar-refractivity contribution is 1.07. The Morgan fingerprint density at radius 3 is 1.43 bits per heavy atom. The highest BCUT2D eigenvalue weighted by Crippen LogP contribution is 2.40. The van der Waals surface area contributed by atoms with Crippen LogP contribution in [-0.4, -0.2) is 29.3 Å². The fraction of sp³-hybridized carbons (Fsp3) is 0. The van der Waals surface area contributed by atoms with E-state index in [1.165, 1.54) is 10.8 Å². The largest absolute Gasteiger partial charge is 0.298 e. The molecule has 0 aliphatic heterocycles. The smallest absolute Gasteiger partial charge is 0.164 e. The van der Waals surface area contributed by atoms with Gasteiger partial charge in [-0.05, 0) is 40.1 Å². The first kappa shape index (κ1) is 36.3. The van der Waals surface area contributed by atoms with Crippen LogP contribution in [0.5, 0.6) is 0 Å². The summed E-state index contributed by atoms with van der Waals surface area (Å²) in [6.07, 6.45) is 2.16. The van der Waals surface area contributed by atoms with E-state index < -0.39 is 0 Å². The molecule has 0 saturated carbocycles. The monoisotopic (exact) mass is 804 g/mol. The molecule has 63 heavy (non-hydrogen) atoms. The van der Waals surface area contributed by atoms with Crippen LogP contribution in [0, 0.1) is 0 Å². The number of pyridine rings is 2. The van der Waals surface area contributed by atoms with Crippen LogP contribution in [0.3, 0.4) is 0 Å². The van der Waals surface area contributed by atoms with Gasteiger partial charge in [-0.1, -0.05) is 194 Å². The lowest BCUT2D eigenvalue weighted by atomic mass is 9.99. The lowest BCUT2D eigenvalue weighted by Crippen LogP contribution is -2.00. The molecule has 4 aromatic heterocycles. The first-order valence-corrected chi connectivity index (χ1v) is 21.1. The zero-order valence-corrected chi connectivity index (χ0v) is 34.0. The van der Waals surface area contributed by atoms with Crippen LogP contribution in [0.15, 0.2) is 219 Å². The molecule has 12 aromatic rings. The van der Waals surface area contributed by atoms with Crippen LogP contribution < -0.4 is 0 Å². The standard InChI is InChI=1S/C57H36N6/c1-4-15-41(16-5-1)53-52(59-57-50-47-22-12-13-23-49(47)58-51(48(50)34-35-63(53)57)46-33-28-37-14-10-11-21-45(37)36-46)40-29-24-38(25-30-40)39-26-31-44(32-27-39)56-61-54(42-17-6-2-7-18-42)60-55(62-56)43-19-8-3-9-20-43/h1-36H. The first-order valence-electron chi connectivity index (χ1n) is 21.1. The van der Waals surface area contributed by atoms with Gasteiger partial charge in [-0.15, -0.1) is 0 Å². The van der Waals surface area contributed by atoms with E-state index in [2.05, 4.69) is 162 Å². The normalized spacial score (nSPS) is 11.5. The number of para-hydroxylation sites is 1. The van der Waals surface area contributed by atoms with Crippen LogP contribution in [0.25, 0.3) is 117 Å². The Balaban J connectivity index is 0.955. The molecule has 0 aliphatic carbocycles. The van der Waals surface area contributed by atoms with Crippen molar-refractivity contribution in [1.82, 2.24) is 29.3 Å². The molecule has 12 rings (SSSR count). The van der Waals surface area contributed by atoms with E-state index in [1.54, 1.807) is 0 Å². The predicted octanol–water partition coefficient (Wildman–Crippen LogP) is 14.0. The molecule has 0 atom stereocenters. The molecular formula is C57H36N6. The Morgan fingerprint density at radius 2 is 0.794 bits per heavy atom. The summed E-state index contributed by atoms with van der Waals surface area (Å²) in [6.45, 7) is 0. The molecule has 0 fully saturated rings. The number of benzene rings is 8. The van der Waals surface area contributed by atoms with Gasteiger partial charge in [0, 0.05) is 55.7 Å². The lowest BCUT2D eigenvalue weighted by Gasteiger charge is -2.12. The minimum Gasteiger partial charge on any atom is -0.298 e. The number of rotatable bonds is 7. The van der Waals surface area contributed by atoms with Crippen LogP contribution >= 0.6 is 0 Å². The van der Waals surface area contributed by atoms with Crippen molar-refractivity contribution in [3.05, 3.63) is 219 Å². The van der Waals surface area contributed by atoms with Gasteiger partial charge in [0.05, 0.1) is 22.6 Å². The average molecular weight is 805 g/mol. The van der Waals surface area contributed by atoms with Crippen LogP contribution in [-0.2, 0) is 0 Å². The minimum atomic E-state index is 0.630. The average Bonchev–Trinajstić information content (AvgIpc) is 3.77.